The number of aliphatic hydroxyl groups excluding tert-OH is 1. The van der Waals surface area contributed by atoms with Crippen molar-refractivity contribution in [1.29, 1.82) is 0 Å². The van der Waals surface area contributed by atoms with Crippen molar-refractivity contribution in [3.8, 4) is 0 Å². The zero-order valence-electron chi connectivity index (χ0n) is 12.3. The van der Waals surface area contributed by atoms with Crippen LogP contribution in [0.1, 0.15) is 56.6 Å². The molecule has 0 fully saturated rings. The van der Waals surface area contributed by atoms with Gasteiger partial charge in [0.1, 0.15) is 0 Å². The summed E-state index contributed by atoms with van der Waals surface area (Å²) in [5.41, 5.74) is 3.57. The number of rotatable bonds is 7. The van der Waals surface area contributed by atoms with Gasteiger partial charge in [0.2, 0.25) is 0 Å². The molecule has 4 nitrogen and oxygen atoms in total. The molecule has 0 radical (unpaired) electrons. The van der Waals surface area contributed by atoms with Crippen LogP contribution in [0.4, 0.5) is 0 Å². The van der Waals surface area contributed by atoms with Crippen molar-refractivity contribution in [3.63, 3.8) is 0 Å². The van der Waals surface area contributed by atoms with E-state index < -0.39 is 0 Å². The highest BCUT2D eigenvalue weighted by molar-refractivity contribution is 5.27. The highest BCUT2D eigenvalue weighted by atomic mass is 16.3. The molecule has 1 aromatic rings. The van der Waals surface area contributed by atoms with Crippen LogP contribution in [0.25, 0.3) is 0 Å². The zero-order valence-corrected chi connectivity index (χ0v) is 12.3. The fourth-order valence-electron chi connectivity index (χ4n) is 2.50. The van der Waals surface area contributed by atoms with Crippen LogP contribution in [0.15, 0.2) is 0 Å². The Bertz CT molecular complexity index is 373. The number of aryl methyl sites for hydroxylation is 2. The Morgan fingerprint density at radius 2 is 2.00 bits per heavy atom. The molecule has 18 heavy (non-hydrogen) atoms. The van der Waals surface area contributed by atoms with E-state index in [1.807, 2.05) is 4.68 Å². The summed E-state index contributed by atoms with van der Waals surface area (Å²) < 4.78 is 2.03. The van der Waals surface area contributed by atoms with Gasteiger partial charge in [-0.3, -0.25) is 4.68 Å². The summed E-state index contributed by atoms with van der Waals surface area (Å²) >= 11 is 0. The summed E-state index contributed by atoms with van der Waals surface area (Å²) in [4.78, 5) is 0. The van der Waals surface area contributed by atoms with E-state index in [0.717, 1.165) is 25.1 Å². The van der Waals surface area contributed by atoms with Crippen molar-refractivity contribution >= 4 is 0 Å². The van der Waals surface area contributed by atoms with Crippen LogP contribution in [-0.4, -0.2) is 27.5 Å². The average Bonchev–Trinajstić information content (AvgIpc) is 2.61. The highest BCUT2D eigenvalue weighted by Gasteiger charge is 2.17. The lowest BCUT2D eigenvalue weighted by Crippen LogP contribution is -2.29. The van der Waals surface area contributed by atoms with Gasteiger partial charge < -0.3 is 10.4 Å². The predicted molar refractivity (Wildman–Crippen MR) is 74.7 cm³/mol. The second-order valence-electron chi connectivity index (χ2n) is 4.97. The topological polar surface area (TPSA) is 50.1 Å². The minimum absolute atomic E-state index is 0.233. The van der Waals surface area contributed by atoms with Gasteiger partial charge in [0.25, 0.3) is 0 Å². The van der Waals surface area contributed by atoms with Gasteiger partial charge in [0.05, 0.1) is 11.8 Å². The summed E-state index contributed by atoms with van der Waals surface area (Å²) in [5, 5.41) is 17.7. The van der Waals surface area contributed by atoms with Gasteiger partial charge in [-0.2, -0.15) is 5.10 Å². The third-order valence-corrected chi connectivity index (χ3v) is 3.45. The van der Waals surface area contributed by atoms with E-state index in [1.54, 1.807) is 0 Å². The predicted octanol–water partition coefficient (Wildman–Crippen LogP) is 2.33. The number of aromatic nitrogens is 2. The molecule has 0 saturated heterocycles. The molecule has 1 aromatic heterocycles. The van der Waals surface area contributed by atoms with Crippen LogP contribution in [0, 0.1) is 13.8 Å². The second-order valence-corrected chi connectivity index (χ2v) is 4.97. The van der Waals surface area contributed by atoms with Gasteiger partial charge >= 0.3 is 0 Å². The molecule has 2 atom stereocenters. The van der Waals surface area contributed by atoms with Crippen molar-refractivity contribution in [1.82, 2.24) is 15.1 Å². The molecule has 1 heterocycles. The Balaban J connectivity index is 2.66. The third kappa shape index (κ3) is 3.56. The van der Waals surface area contributed by atoms with E-state index in [4.69, 9.17) is 0 Å². The van der Waals surface area contributed by atoms with E-state index in [1.165, 1.54) is 11.3 Å². The lowest BCUT2D eigenvalue weighted by Gasteiger charge is -2.17. The molecule has 1 rings (SSSR count). The summed E-state index contributed by atoms with van der Waals surface area (Å²) in [6, 6.07) is 0.233. The molecule has 0 aromatic carbocycles. The fourth-order valence-corrected chi connectivity index (χ4v) is 2.50. The van der Waals surface area contributed by atoms with Crippen molar-refractivity contribution < 1.29 is 5.11 Å². The average molecular weight is 253 g/mol. The smallest absolute Gasteiger partial charge is 0.0664 e. The molecule has 0 bridgehead atoms. The largest absolute Gasteiger partial charge is 0.392 e. The molecule has 2 unspecified atom stereocenters. The molecule has 0 saturated carbocycles. The summed E-state index contributed by atoms with van der Waals surface area (Å²) in [6.45, 7) is 12.0. The Morgan fingerprint density at radius 3 is 2.50 bits per heavy atom. The first-order valence-corrected chi connectivity index (χ1v) is 6.96. The van der Waals surface area contributed by atoms with Crippen LogP contribution >= 0.6 is 0 Å². The van der Waals surface area contributed by atoms with Gasteiger partial charge in [-0.25, -0.2) is 0 Å². The van der Waals surface area contributed by atoms with Gasteiger partial charge in [-0.1, -0.05) is 13.3 Å². The van der Waals surface area contributed by atoms with E-state index in [9.17, 15) is 5.11 Å². The first kappa shape index (κ1) is 15.2. The summed E-state index contributed by atoms with van der Waals surface area (Å²) in [5.74, 6) is 0. The van der Waals surface area contributed by atoms with Crippen LogP contribution in [0.2, 0.25) is 0 Å². The van der Waals surface area contributed by atoms with Crippen LogP contribution in [0.5, 0.6) is 0 Å². The summed E-state index contributed by atoms with van der Waals surface area (Å²) in [7, 11) is 0. The molecule has 0 amide bonds. The molecular formula is C14H27N3O. The molecule has 0 spiro atoms. The number of nitrogens with zero attached hydrogens (tertiary/aromatic N) is 2. The minimum atomic E-state index is -0.251. The van der Waals surface area contributed by atoms with E-state index in [0.29, 0.717) is 6.54 Å². The van der Waals surface area contributed by atoms with Crippen molar-refractivity contribution in [2.24, 2.45) is 0 Å². The first-order valence-electron chi connectivity index (χ1n) is 6.96. The SMILES string of the molecule is CCCC(O)CNC(C)c1c(C)nn(CC)c1C. The minimum Gasteiger partial charge on any atom is -0.392 e. The second kappa shape index (κ2) is 6.90. The normalized spacial score (nSPS) is 14.8. The maximum atomic E-state index is 9.75. The van der Waals surface area contributed by atoms with Gasteiger partial charge in [0, 0.05) is 30.4 Å². The van der Waals surface area contributed by atoms with E-state index in [2.05, 4.69) is 45.0 Å². The maximum Gasteiger partial charge on any atom is 0.0664 e. The highest BCUT2D eigenvalue weighted by Crippen LogP contribution is 2.21. The van der Waals surface area contributed by atoms with E-state index in [-0.39, 0.29) is 12.1 Å². The van der Waals surface area contributed by atoms with Gasteiger partial charge in [-0.15, -0.1) is 0 Å². The van der Waals surface area contributed by atoms with Gasteiger partial charge in [0.15, 0.2) is 0 Å². The maximum absolute atomic E-state index is 9.75. The molecule has 4 heteroatoms. The van der Waals surface area contributed by atoms with Crippen LogP contribution in [-0.2, 0) is 6.54 Å². The monoisotopic (exact) mass is 253 g/mol. The third-order valence-electron chi connectivity index (χ3n) is 3.45. The lowest BCUT2D eigenvalue weighted by molar-refractivity contribution is 0.157. The lowest BCUT2D eigenvalue weighted by atomic mass is 10.1. The quantitative estimate of drug-likeness (QED) is 0.784. The zero-order chi connectivity index (χ0) is 13.7. The van der Waals surface area contributed by atoms with Crippen molar-refractivity contribution in [2.75, 3.05) is 6.54 Å². The number of hydrogen-bond donors (Lipinski definition) is 2. The Labute approximate surface area is 110 Å². The van der Waals surface area contributed by atoms with Crippen LogP contribution < -0.4 is 5.32 Å². The standard InChI is InChI=1S/C14H27N3O/c1-6-8-13(18)9-15-10(3)14-11(4)16-17(7-2)12(14)5/h10,13,15,18H,6-9H2,1-5H3. The van der Waals surface area contributed by atoms with Crippen LogP contribution in [0.3, 0.4) is 0 Å². The molecule has 0 aliphatic carbocycles. The molecule has 2 N–H and O–H groups in total. The molecule has 0 aliphatic heterocycles. The molecule has 104 valence electrons. The Morgan fingerprint density at radius 1 is 1.33 bits per heavy atom. The molecular weight excluding hydrogens is 226 g/mol. The number of aliphatic hydroxyl groups is 1. The van der Waals surface area contributed by atoms with Crippen molar-refractivity contribution in [2.45, 2.75) is 66.2 Å². The van der Waals surface area contributed by atoms with Crippen molar-refractivity contribution in [3.05, 3.63) is 17.0 Å². The summed E-state index contributed by atoms with van der Waals surface area (Å²) in [6.07, 6.45) is 1.62. The Kier molecular flexibility index (Phi) is 5.82. The Hall–Kier alpha value is -0.870. The molecule has 0 aliphatic rings. The number of hydrogen-bond acceptors (Lipinski definition) is 3. The first-order chi connectivity index (χ1) is 8.51. The number of nitrogens with one attached hydrogen (secondary N) is 1. The van der Waals surface area contributed by atoms with Gasteiger partial charge in [-0.05, 0) is 34.1 Å². The fraction of sp³-hybridized carbons (Fsp3) is 0.786. The van der Waals surface area contributed by atoms with E-state index >= 15 is 0 Å².